The van der Waals surface area contributed by atoms with Crippen molar-refractivity contribution >= 4 is 5.97 Å². The lowest BCUT2D eigenvalue weighted by Gasteiger charge is -2.43. The van der Waals surface area contributed by atoms with Crippen LogP contribution >= 0.6 is 0 Å². The minimum atomic E-state index is -0.123. The van der Waals surface area contributed by atoms with Crippen molar-refractivity contribution in [3.8, 4) is 0 Å². The normalized spacial score (nSPS) is 28.7. The van der Waals surface area contributed by atoms with Crippen LogP contribution in [0.25, 0.3) is 0 Å². The van der Waals surface area contributed by atoms with Gasteiger partial charge in [-0.3, -0.25) is 4.79 Å². The van der Waals surface area contributed by atoms with Crippen LogP contribution in [-0.4, -0.2) is 12.6 Å². The molecular weight excluding hydrogens is 260 g/mol. The number of hydrogen-bond acceptors (Lipinski definition) is 2. The maximum atomic E-state index is 11.5. The quantitative estimate of drug-likeness (QED) is 0.483. The fraction of sp³-hybridized carbons (Fsp3) is 0.632. The molecule has 0 amide bonds. The molecule has 1 aliphatic rings. The van der Waals surface area contributed by atoms with Crippen molar-refractivity contribution < 1.29 is 9.53 Å². The molecule has 1 fully saturated rings. The van der Waals surface area contributed by atoms with Gasteiger partial charge in [0.2, 0.25) is 0 Å². The number of hydrogen-bond donors (Lipinski definition) is 0. The topological polar surface area (TPSA) is 26.3 Å². The highest BCUT2D eigenvalue weighted by atomic mass is 16.5. The Morgan fingerprint density at radius 1 is 1.43 bits per heavy atom. The molecule has 0 aromatic rings. The fourth-order valence-electron chi connectivity index (χ4n) is 3.28. The fourth-order valence-corrected chi connectivity index (χ4v) is 3.28. The van der Waals surface area contributed by atoms with E-state index < -0.39 is 0 Å². The maximum absolute atomic E-state index is 11.5. The molecule has 0 unspecified atom stereocenters. The number of allylic oxidation sites excluding steroid dienone is 2. The molecular formula is C19H30O2. The zero-order valence-corrected chi connectivity index (χ0v) is 13.9. The molecule has 0 aromatic carbocycles. The summed E-state index contributed by atoms with van der Waals surface area (Å²) < 4.78 is 5.29. The number of rotatable bonds is 7. The predicted molar refractivity (Wildman–Crippen MR) is 89.0 cm³/mol. The average molecular weight is 290 g/mol. The van der Waals surface area contributed by atoms with E-state index in [1.54, 1.807) is 0 Å². The second-order valence-electron chi connectivity index (χ2n) is 6.65. The van der Waals surface area contributed by atoms with E-state index in [4.69, 9.17) is 4.74 Å². The Morgan fingerprint density at radius 3 is 2.62 bits per heavy atom. The Balaban J connectivity index is 2.61. The predicted octanol–water partition coefficient (Wildman–Crippen LogP) is 5.07. The molecule has 0 saturated heterocycles. The van der Waals surface area contributed by atoms with Gasteiger partial charge in [-0.15, -0.1) is 6.58 Å². The molecule has 3 atom stereocenters. The molecule has 0 spiro atoms. The van der Waals surface area contributed by atoms with Crippen LogP contribution in [0.2, 0.25) is 0 Å². The van der Waals surface area contributed by atoms with Gasteiger partial charge in [-0.25, -0.2) is 0 Å². The highest BCUT2D eigenvalue weighted by Gasteiger charge is 2.38. The highest BCUT2D eigenvalue weighted by molar-refractivity contribution is 5.69. The summed E-state index contributed by atoms with van der Waals surface area (Å²) in [6.07, 6.45) is 6.58. The van der Waals surface area contributed by atoms with Gasteiger partial charge >= 0.3 is 5.97 Å². The van der Waals surface area contributed by atoms with Gasteiger partial charge in [-0.1, -0.05) is 38.7 Å². The number of ether oxygens (including phenoxy) is 1. The third-order valence-corrected chi connectivity index (χ3v) is 4.86. The summed E-state index contributed by atoms with van der Waals surface area (Å²) in [6, 6.07) is 0. The number of esters is 1. The summed E-state index contributed by atoms with van der Waals surface area (Å²) in [4.78, 5) is 11.5. The second-order valence-corrected chi connectivity index (χ2v) is 6.65. The first-order valence-corrected chi connectivity index (χ1v) is 7.96. The Morgan fingerprint density at radius 2 is 2.10 bits per heavy atom. The molecule has 1 saturated carbocycles. The molecule has 2 heteroatoms. The minimum Gasteiger partial charge on any atom is -0.461 e. The van der Waals surface area contributed by atoms with Crippen LogP contribution in [0.15, 0.2) is 37.0 Å². The van der Waals surface area contributed by atoms with Crippen LogP contribution in [0.5, 0.6) is 0 Å². The van der Waals surface area contributed by atoms with Crippen molar-refractivity contribution in [3.05, 3.63) is 37.0 Å². The monoisotopic (exact) mass is 290 g/mol. The lowest BCUT2D eigenvalue weighted by Crippen LogP contribution is -2.34. The van der Waals surface area contributed by atoms with E-state index in [1.807, 2.05) is 6.92 Å². The van der Waals surface area contributed by atoms with Gasteiger partial charge in [0, 0.05) is 6.42 Å². The van der Waals surface area contributed by atoms with E-state index in [0.717, 1.165) is 31.3 Å². The van der Waals surface area contributed by atoms with Gasteiger partial charge in [-0.05, 0) is 55.4 Å². The first kappa shape index (κ1) is 17.7. The van der Waals surface area contributed by atoms with Gasteiger partial charge < -0.3 is 4.74 Å². The van der Waals surface area contributed by atoms with Gasteiger partial charge in [0.25, 0.3) is 0 Å². The molecule has 1 rings (SSSR count). The third-order valence-electron chi connectivity index (χ3n) is 4.86. The molecule has 21 heavy (non-hydrogen) atoms. The lowest BCUT2D eigenvalue weighted by molar-refractivity contribution is -0.142. The molecule has 0 bridgehead atoms. The highest BCUT2D eigenvalue weighted by Crippen LogP contribution is 2.48. The molecule has 0 N–H and O–H groups in total. The van der Waals surface area contributed by atoms with Crippen LogP contribution in [0.1, 0.15) is 52.9 Å². The Hall–Kier alpha value is -1.31. The molecule has 1 aliphatic carbocycles. The largest absolute Gasteiger partial charge is 0.461 e. The van der Waals surface area contributed by atoms with Crippen molar-refractivity contribution in [1.82, 2.24) is 0 Å². The summed E-state index contributed by atoms with van der Waals surface area (Å²) in [6.45, 7) is 19.0. The zero-order chi connectivity index (χ0) is 16.0. The summed E-state index contributed by atoms with van der Waals surface area (Å²) in [5.41, 5.74) is 2.37. The van der Waals surface area contributed by atoms with Crippen molar-refractivity contribution in [2.24, 2.45) is 17.3 Å². The average Bonchev–Trinajstić information content (AvgIpc) is 2.45. The van der Waals surface area contributed by atoms with Crippen molar-refractivity contribution in [2.75, 3.05) is 6.61 Å². The molecule has 0 radical (unpaired) electrons. The van der Waals surface area contributed by atoms with Crippen molar-refractivity contribution in [1.29, 1.82) is 0 Å². The maximum Gasteiger partial charge on any atom is 0.306 e. The summed E-state index contributed by atoms with van der Waals surface area (Å²) in [5.74, 6) is 0.716. The van der Waals surface area contributed by atoms with Crippen LogP contribution in [0.4, 0.5) is 0 Å². The van der Waals surface area contributed by atoms with E-state index in [0.29, 0.717) is 24.9 Å². The molecule has 118 valence electrons. The van der Waals surface area contributed by atoms with Crippen LogP contribution in [0, 0.1) is 17.3 Å². The van der Waals surface area contributed by atoms with Gasteiger partial charge in [0.05, 0.1) is 0 Å². The number of carbonyl (C=O) groups is 1. The SMILES string of the molecule is C=C[C@]1(C)CC[C@@H](C(=C)COC(=O)CCC)C[C@H]1C(=C)C. The summed E-state index contributed by atoms with van der Waals surface area (Å²) >= 11 is 0. The van der Waals surface area contributed by atoms with E-state index in [1.165, 1.54) is 5.57 Å². The van der Waals surface area contributed by atoms with Gasteiger partial charge in [0.1, 0.15) is 6.61 Å². The van der Waals surface area contributed by atoms with Crippen molar-refractivity contribution in [3.63, 3.8) is 0 Å². The first-order valence-electron chi connectivity index (χ1n) is 7.96. The van der Waals surface area contributed by atoms with Crippen LogP contribution in [-0.2, 0) is 9.53 Å². The third kappa shape index (κ3) is 4.59. The lowest BCUT2D eigenvalue weighted by atomic mass is 9.61. The zero-order valence-electron chi connectivity index (χ0n) is 13.9. The Kier molecular flexibility index (Phi) is 6.44. The van der Waals surface area contributed by atoms with Crippen LogP contribution in [0.3, 0.4) is 0 Å². The Labute approximate surface area is 130 Å². The first-order chi connectivity index (χ1) is 9.84. The summed E-state index contributed by atoms with van der Waals surface area (Å²) in [5, 5.41) is 0. The summed E-state index contributed by atoms with van der Waals surface area (Å²) in [7, 11) is 0. The second kappa shape index (κ2) is 7.63. The smallest absolute Gasteiger partial charge is 0.306 e. The molecule has 0 heterocycles. The van der Waals surface area contributed by atoms with E-state index in [-0.39, 0.29) is 11.4 Å². The molecule has 0 aromatic heterocycles. The molecule has 2 nitrogen and oxygen atoms in total. The van der Waals surface area contributed by atoms with Gasteiger partial charge in [0.15, 0.2) is 0 Å². The van der Waals surface area contributed by atoms with E-state index >= 15 is 0 Å². The standard InChI is InChI=1S/C19H30O2/c1-7-9-18(20)21-13-15(5)16-10-11-19(6,8-2)17(12-16)14(3)4/h8,16-17H,2-3,5,7,9-13H2,1,4,6H3/t16-,17+,19-/m1/s1. The Bertz CT molecular complexity index is 421. The number of carbonyl (C=O) groups excluding carboxylic acids is 1. The van der Waals surface area contributed by atoms with E-state index in [9.17, 15) is 4.79 Å². The van der Waals surface area contributed by atoms with Crippen LogP contribution < -0.4 is 0 Å². The minimum absolute atomic E-state index is 0.123. The van der Waals surface area contributed by atoms with E-state index in [2.05, 4.69) is 39.7 Å². The molecule has 0 aliphatic heterocycles. The van der Waals surface area contributed by atoms with Crippen molar-refractivity contribution in [2.45, 2.75) is 52.9 Å². The van der Waals surface area contributed by atoms with Gasteiger partial charge in [-0.2, -0.15) is 0 Å².